The number of hydrogen-bond donors (Lipinski definition) is 4. The smallest absolute Gasteiger partial charge is 0.204 e. The molecule has 1 aromatic heterocycles. The van der Waals surface area contributed by atoms with Gasteiger partial charge in [0, 0.05) is 18.6 Å². The predicted octanol–water partition coefficient (Wildman–Crippen LogP) is -0.00542. The number of nitrogens with zero attached hydrogens (tertiary/aromatic N) is 3. The van der Waals surface area contributed by atoms with Gasteiger partial charge in [0.05, 0.1) is 12.7 Å². The van der Waals surface area contributed by atoms with Crippen molar-refractivity contribution in [3.05, 3.63) is 11.9 Å². The fourth-order valence-electron chi connectivity index (χ4n) is 1.04. The third kappa shape index (κ3) is 4.65. The van der Waals surface area contributed by atoms with E-state index >= 15 is 0 Å². The number of aliphatic imine (C=N–C) groups is 1. The van der Waals surface area contributed by atoms with Gasteiger partial charge in [-0.05, 0) is 0 Å². The number of hydrogen-bond acceptors (Lipinski definition) is 5. The molecule has 0 aliphatic heterocycles. The molecule has 0 saturated heterocycles. The first-order valence-electron chi connectivity index (χ1n) is 4.94. The van der Waals surface area contributed by atoms with E-state index in [2.05, 4.69) is 25.8 Å². The maximum absolute atomic E-state index is 9.31. The molecule has 0 aromatic carbocycles. The van der Waals surface area contributed by atoms with Gasteiger partial charge >= 0.3 is 0 Å². The van der Waals surface area contributed by atoms with Gasteiger partial charge in [0.25, 0.3) is 0 Å². The van der Waals surface area contributed by atoms with Gasteiger partial charge in [0.2, 0.25) is 5.96 Å². The van der Waals surface area contributed by atoms with Crippen molar-refractivity contribution < 1.29 is 5.11 Å². The third-order valence-electron chi connectivity index (χ3n) is 1.85. The summed E-state index contributed by atoms with van der Waals surface area (Å²) in [5, 5.41) is 29.4. The van der Waals surface area contributed by atoms with Gasteiger partial charge in [0.15, 0.2) is 11.9 Å². The first kappa shape index (κ1) is 13.2. The summed E-state index contributed by atoms with van der Waals surface area (Å²) in [5.41, 5.74) is 0.642. The number of aromatic amines is 1. The van der Waals surface area contributed by atoms with Crippen LogP contribution in [0, 0.1) is 11.5 Å². The molecule has 0 atom stereocenters. The number of guanidine groups is 1. The molecule has 0 aliphatic carbocycles. The fraction of sp³-hybridized carbons (Fsp3) is 0.444. The first-order valence-corrected chi connectivity index (χ1v) is 6.10. The monoisotopic (exact) mass is 254 g/mol. The Labute approximate surface area is 103 Å². The van der Waals surface area contributed by atoms with Crippen LogP contribution in [0.25, 0.3) is 0 Å². The van der Waals surface area contributed by atoms with Gasteiger partial charge in [-0.25, -0.2) is 0 Å². The van der Waals surface area contributed by atoms with Crippen LogP contribution in [-0.4, -0.2) is 40.6 Å². The minimum atomic E-state index is 0.183. The lowest BCUT2D eigenvalue weighted by molar-refractivity contribution is 0.471. The summed E-state index contributed by atoms with van der Waals surface area (Å²) in [7, 11) is 1.69. The number of nitriles is 1. The zero-order valence-corrected chi connectivity index (χ0v) is 10.2. The number of H-pyrrole nitrogens is 1. The van der Waals surface area contributed by atoms with Crippen molar-refractivity contribution in [2.75, 3.05) is 19.3 Å². The normalized spacial score (nSPS) is 10.9. The second kappa shape index (κ2) is 7.40. The van der Waals surface area contributed by atoms with Crippen molar-refractivity contribution in [2.45, 2.75) is 5.75 Å². The van der Waals surface area contributed by atoms with Crippen molar-refractivity contribution in [3.8, 4) is 11.9 Å². The van der Waals surface area contributed by atoms with E-state index in [9.17, 15) is 5.11 Å². The van der Waals surface area contributed by atoms with E-state index in [4.69, 9.17) is 5.26 Å². The van der Waals surface area contributed by atoms with Crippen molar-refractivity contribution in [2.24, 2.45) is 4.99 Å². The van der Waals surface area contributed by atoms with Crippen LogP contribution in [0.3, 0.4) is 0 Å². The molecule has 17 heavy (non-hydrogen) atoms. The van der Waals surface area contributed by atoms with Crippen LogP contribution in [0.4, 0.5) is 0 Å². The lowest BCUT2D eigenvalue weighted by Gasteiger charge is -2.02. The van der Waals surface area contributed by atoms with Crippen molar-refractivity contribution in [3.63, 3.8) is 0 Å². The van der Waals surface area contributed by atoms with E-state index in [1.165, 1.54) is 6.20 Å². The van der Waals surface area contributed by atoms with Crippen LogP contribution >= 0.6 is 11.8 Å². The summed E-state index contributed by atoms with van der Waals surface area (Å²) in [4.78, 5) is 4.13. The lowest BCUT2D eigenvalue weighted by atomic mass is 10.5. The van der Waals surface area contributed by atoms with E-state index < -0.39 is 0 Å². The Kier molecular flexibility index (Phi) is 5.74. The second-order valence-corrected chi connectivity index (χ2v) is 4.09. The van der Waals surface area contributed by atoms with E-state index in [1.807, 2.05) is 0 Å². The Bertz CT molecular complexity index is 410. The Morgan fingerprint density at radius 1 is 1.76 bits per heavy atom. The molecule has 0 spiro atoms. The highest BCUT2D eigenvalue weighted by Crippen LogP contribution is 2.18. The highest BCUT2D eigenvalue weighted by Gasteiger charge is 2.02. The largest absolute Gasteiger partial charge is 0.504 e. The first-order chi connectivity index (χ1) is 8.27. The summed E-state index contributed by atoms with van der Waals surface area (Å²) in [6, 6.07) is 0. The minimum absolute atomic E-state index is 0.183. The number of aromatic nitrogens is 2. The van der Waals surface area contributed by atoms with Crippen LogP contribution < -0.4 is 10.6 Å². The van der Waals surface area contributed by atoms with Gasteiger partial charge in [0.1, 0.15) is 5.69 Å². The standard InChI is InChI=1S/C9H14N6OS/c1-11-9(13-6-10)12-2-3-17-5-7-8(16)4-14-15-7/h4,16H,2-3,5H2,1H3,(H,14,15)(H2,11,12,13). The van der Waals surface area contributed by atoms with Crippen molar-refractivity contribution in [1.82, 2.24) is 20.8 Å². The average molecular weight is 254 g/mol. The SMILES string of the molecule is CN/C(=N/CCSCc1n[nH]cc1O)NC#N. The molecule has 0 fully saturated rings. The number of aromatic hydroxyl groups is 1. The van der Waals surface area contributed by atoms with Gasteiger partial charge < -0.3 is 10.4 Å². The average Bonchev–Trinajstić information content (AvgIpc) is 2.73. The van der Waals surface area contributed by atoms with Gasteiger partial charge in [-0.3, -0.25) is 15.4 Å². The molecule has 7 nitrogen and oxygen atoms in total. The molecule has 1 rings (SSSR count). The Balaban J connectivity index is 2.20. The molecule has 0 unspecified atom stereocenters. The summed E-state index contributed by atoms with van der Waals surface area (Å²) in [5.74, 6) is 2.05. The zero-order chi connectivity index (χ0) is 12.5. The second-order valence-electron chi connectivity index (χ2n) is 2.99. The quantitative estimate of drug-likeness (QED) is 0.193. The van der Waals surface area contributed by atoms with Crippen LogP contribution in [0.2, 0.25) is 0 Å². The topological polar surface area (TPSA) is 109 Å². The molecule has 92 valence electrons. The summed E-state index contributed by atoms with van der Waals surface area (Å²) < 4.78 is 0. The highest BCUT2D eigenvalue weighted by molar-refractivity contribution is 7.98. The molecule has 0 bridgehead atoms. The molecule has 8 heteroatoms. The van der Waals surface area contributed by atoms with Gasteiger partial charge in [-0.15, -0.1) is 0 Å². The van der Waals surface area contributed by atoms with E-state index in [0.29, 0.717) is 24.0 Å². The summed E-state index contributed by atoms with van der Waals surface area (Å²) in [6.45, 7) is 0.584. The van der Waals surface area contributed by atoms with Crippen LogP contribution in [-0.2, 0) is 5.75 Å². The molecular weight excluding hydrogens is 240 g/mol. The van der Waals surface area contributed by atoms with E-state index in [0.717, 1.165) is 5.75 Å². The maximum Gasteiger partial charge on any atom is 0.204 e. The predicted molar refractivity (Wildman–Crippen MR) is 66.5 cm³/mol. The van der Waals surface area contributed by atoms with E-state index in [-0.39, 0.29) is 5.75 Å². The van der Waals surface area contributed by atoms with Crippen LogP contribution in [0.5, 0.6) is 5.75 Å². The third-order valence-corrected chi connectivity index (χ3v) is 2.80. The van der Waals surface area contributed by atoms with Gasteiger partial charge in [-0.2, -0.15) is 22.1 Å². The van der Waals surface area contributed by atoms with Crippen LogP contribution in [0.15, 0.2) is 11.2 Å². The Morgan fingerprint density at radius 3 is 3.18 bits per heavy atom. The summed E-state index contributed by atoms with van der Waals surface area (Å²) in [6.07, 6.45) is 3.24. The van der Waals surface area contributed by atoms with Gasteiger partial charge in [-0.1, -0.05) is 0 Å². The minimum Gasteiger partial charge on any atom is -0.504 e. The molecule has 4 N–H and O–H groups in total. The molecule has 0 saturated carbocycles. The lowest BCUT2D eigenvalue weighted by Crippen LogP contribution is -2.31. The van der Waals surface area contributed by atoms with Crippen LogP contribution in [0.1, 0.15) is 5.69 Å². The van der Waals surface area contributed by atoms with E-state index in [1.54, 1.807) is 25.0 Å². The Hall–Kier alpha value is -1.88. The number of rotatable bonds is 5. The molecule has 1 aromatic rings. The molecule has 0 aliphatic rings. The highest BCUT2D eigenvalue weighted by atomic mass is 32.2. The van der Waals surface area contributed by atoms with Crippen molar-refractivity contribution in [1.29, 1.82) is 5.26 Å². The fourth-order valence-corrected chi connectivity index (χ4v) is 1.81. The number of nitrogens with one attached hydrogen (secondary N) is 3. The summed E-state index contributed by atoms with van der Waals surface area (Å²) >= 11 is 1.61. The molecule has 1 heterocycles. The molecular formula is C9H14N6OS. The maximum atomic E-state index is 9.31. The Morgan fingerprint density at radius 2 is 2.59 bits per heavy atom. The zero-order valence-electron chi connectivity index (χ0n) is 9.40. The molecule has 0 amide bonds. The van der Waals surface area contributed by atoms with Crippen molar-refractivity contribution >= 4 is 17.7 Å². The number of thioether (sulfide) groups is 1. The molecule has 0 radical (unpaired) electrons.